The van der Waals surface area contributed by atoms with E-state index in [0.29, 0.717) is 19.4 Å². The number of aromatic nitrogens is 1. The molecule has 0 radical (unpaired) electrons. The average Bonchev–Trinajstić information content (AvgIpc) is 2.74. The minimum atomic E-state index is -3.20. The molecule has 1 aromatic heterocycles. The Hall–Kier alpha value is -0.500. The van der Waals surface area contributed by atoms with Crippen molar-refractivity contribution in [1.29, 1.82) is 0 Å². The zero-order chi connectivity index (χ0) is 12.3. The molecule has 0 aromatic carbocycles. The van der Waals surface area contributed by atoms with Gasteiger partial charge in [-0.05, 0) is 32.9 Å². The zero-order valence-corrected chi connectivity index (χ0v) is 11.4. The Kier molecular flexibility index (Phi) is 4.13. The summed E-state index contributed by atoms with van der Waals surface area (Å²) < 4.78 is 26.7. The van der Waals surface area contributed by atoms with E-state index in [9.17, 15) is 8.42 Å². The molecule has 0 atom stereocenters. The van der Waals surface area contributed by atoms with Gasteiger partial charge in [-0.3, -0.25) is 0 Å². The summed E-state index contributed by atoms with van der Waals surface area (Å²) in [6.45, 7) is 3.83. The van der Waals surface area contributed by atoms with Crippen molar-refractivity contribution in [1.82, 2.24) is 15.0 Å². The molecule has 1 aliphatic rings. The second kappa shape index (κ2) is 5.43. The number of nitrogens with zero attached hydrogens (tertiary/aromatic N) is 1. The highest BCUT2D eigenvalue weighted by atomic mass is 32.2. The zero-order valence-electron chi connectivity index (χ0n) is 9.77. The van der Waals surface area contributed by atoms with Gasteiger partial charge in [-0.25, -0.2) is 18.1 Å². The number of nitrogens with one attached hydrogen (secondary N) is 2. The molecule has 1 aromatic rings. The standard InChI is InChI=1S/C10H17N3O2S2/c1-8-6-12-10(16-8)7-13-17(14,15)9-2-4-11-5-3-9/h6,9,11,13H,2-5,7H2,1H3. The van der Waals surface area contributed by atoms with E-state index in [1.165, 1.54) is 11.3 Å². The largest absolute Gasteiger partial charge is 0.317 e. The van der Waals surface area contributed by atoms with Gasteiger partial charge in [0.2, 0.25) is 10.0 Å². The van der Waals surface area contributed by atoms with Crippen LogP contribution in [0.2, 0.25) is 0 Å². The Morgan fingerprint density at radius 2 is 2.24 bits per heavy atom. The fourth-order valence-electron chi connectivity index (χ4n) is 1.87. The van der Waals surface area contributed by atoms with Crippen LogP contribution in [0, 0.1) is 6.92 Å². The molecule has 17 heavy (non-hydrogen) atoms. The maximum Gasteiger partial charge on any atom is 0.214 e. The van der Waals surface area contributed by atoms with E-state index in [0.717, 1.165) is 23.0 Å². The average molecular weight is 275 g/mol. The Morgan fingerprint density at radius 3 is 2.82 bits per heavy atom. The minimum absolute atomic E-state index is 0.259. The van der Waals surface area contributed by atoms with E-state index in [1.807, 2.05) is 6.92 Å². The third kappa shape index (κ3) is 3.48. The van der Waals surface area contributed by atoms with E-state index in [-0.39, 0.29) is 5.25 Å². The highest BCUT2D eigenvalue weighted by Gasteiger charge is 2.26. The quantitative estimate of drug-likeness (QED) is 0.845. The van der Waals surface area contributed by atoms with Gasteiger partial charge in [-0.15, -0.1) is 11.3 Å². The van der Waals surface area contributed by atoms with Crippen molar-refractivity contribution < 1.29 is 8.42 Å². The SMILES string of the molecule is Cc1cnc(CNS(=O)(=O)C2CCNCC2)s1. The van der Waals surface area contributed by atoms with Gasteiger partial charge < -0.3 is 5.32 Å². The molecule has 1 saturated heterocycles. The number of piperidine rings is 1. The first-order valence-corrected chi connectivity index (χ1v) is 8.05. The molecule has 1 fully saturated rings. The van der Waals surface area contributed by atoms with Gasteiger partial charge in [0.15, 0.2) is 0 Å². The van der Waals surface area contributed by atoms with Crippen LogP contribution in [0.5, 0.6) is 0 Å². The Balaban J connectivity index is 1.92. The van der Waals surface area contributed by atoms with Crippen LogP contribution in [0.15, 0.2) is 6.20 Å². The van der Waals surface area contributed by atoms with Gasteiger partial charge >= 0.3 is 0 Å². The molecule has 2 rings (SSSR count). The second-order valence-corrected chi connectivity index (χ2v) is 7.54. The summed E-state index contributed by atoms with van der Waals surface area (Å²) in [7, 11) is -3.20. The van der Waals surface area contributed by atoms with Crippen LogP contribution in [0.25, 0.3) is 0 Å². The molecule has 5 nitrogen and oxygen atoms in total. The Morgan fingerprint density at radius 1 is 1.53 bits per heavy atom. The van der Waals surface area contributed by atoms with Crippen molar-refractivity contribution in [2.24, 2.45) is 0 Å². The smallest absolute Gasteiger partial charge is 0.214 e. The van der Waals surface area contributed by atoms with Gasteiger partial charge in [0.25, 0.3) is 0 Å². The van der Waals surface area contributed by atoms with Gasteiger partial charge in [0, 0.05) is 11.1 Å². The highest BCUT2D eigenvalue weighted by Crippen LogP contribution is 2.14. The van der Waals surface area contributed by atoms with Crippen LogP contribution in [-0.4, -0.2) is 31.7 Å². The van der Waals surface area contributed by atoms with E-state index >= 15 is 0 Å². The summed E-state index contributed by atoms with van der Waals surface area (Å²) in [6, 6.07) is 0. The Bertz CT molecular complexity index is 464. The Labute approximate surface area is 106 Å². The molecule has 0 saturated carbocycles. The van der Waals surface area contributed by atoms with Crippen LogP contribution >= 0.6 is 11.3 Å². The van der Waals surface area contributed by atoms with Gasteiger partial charge in [0.05, 0.1) is 11.8 Å². The molecule has 0 spiro atoms. The number of hydrogen-bond acceptors (Lipinski definition) is 5. The van der Waals surface area contributed by atoms with Gasteiger partial charge in [-0.1, -0.05) is 0 Å². The third-order valence-corrected chi connectivity index (χ3v) is 5.63. The van der Waals surface area contributed by atoms with E-state index < -0.39 is 10.0 Å². The maximum absolute atomic E-state index is 12.0. The summed E-state index contributed by atoms with van der Waals surface area (Å²) >= 11 is 1.52. The first kappa shape index (κ1) is 12.9. The number of hydrogen-bond donors (Lipinski definition) is 2. The monoisotopic (exact) mass is 275 g/mol. The van der Waals surface area contributed by atoms with Gasteiger partial charge in [-0.2, -0.15) is 0 Å². The lowest BCUT2D eigenvalue weighted by Crippen LogP contribution is -2.41. The number of aryl methyl sites for hydroxylation is 1. The third-order valence-electron chi connectivity index (χ3n) is 2.82. The van der Waals surface area contributed by atoms with E-state index in [2.05, 4.69) is 15.0 Å². The molecular weight excluding hydrogens is 258 g/mol. The first-order chi connectivity index (χ1) is 8.08. The maximum atomic E-state index is 12.0. The van der Waals surface area contributed by atoms with Crippen molar-refractivity contribution in [2.75, 3.05) is 13.1 Å². The van der Waals surface area contributed by atoms with Crippen molar-refractivity contribution in [2.45, 2.75) is 31.6 Å². The molecule has 1 aliphatic heterocycles. The fraction of sp³-hybridized carbons (Fsp3) is 0.700. The molecule has 0 bridgehead atoms. The lowest BCUT2D eigenvalue weighted by Gasteiger charge is -2.22. The second-order valence-electron chi connectivity index (χ2n) is 4.18. The van der Waals surface area contributed by atoms with Crippen LogP contribution in [0.3, 0.4) is 0 Å². The molecule has 0 amide bonds. The highest BCUT2D eigenvalue weighted by molar-refractivity contribution is 7.90. The predicted octanol–water partition coefficient (Wildman–Crippen LogP) is 0.623. The summed E-state index contributed by atoms with van der Waals surface area (Å²) in [6.07, 6.45) is 3.14. The van der Waals surface area contributed by atoms with E-state index in [4.69, 9.17) is 0 Å². The summed E-state index contributed by atoms with van der Waals surface area (Å²) in [5.74, 6) is 0. The van der Waals surface area contributed by atoms with Gasteiger partial charge in [0.1, 0.15) is 5.01 Å². The first-order valence-electron chi connectivity index (χ1n) is 5.68. The molecule has 7 heteroatoms. The molecule has 2 N–H and O–H groups in total. The number of thiazole rings is 1. The molecule has 0 unspecified atom stereocenters. The molecule has 96 valence electrons. The molecule has 2 heterocycles. The van der Waals surface area contributed by atoms with Crippen LogP contribution < -0.4 is 10.0 Å². The normalized spacial score (nSPS) is 18.4. The summed E-state index contributed by atoms with van der Waals surface area (Å²) in [4.78, 5) is 5.24. The number of rotatable bonds is 4. The van der Waals surface area contributed by atoms with Crippen molar-refractivity contribution in [3.8, 4) is 0 Å². The number of sulfonamides is 1. The van der Waals surface area contributed by atoms with E-state index in [1.54, 1.807) is 6.20 Å². The summed E-state index contributed by atoms with van der Waals surface area (Å²) in [5.41, 5.74) is 0. The predicted molar refractivity (Wildman–Crippen MR) is 68.5 cm³/mol. The van der Waals surface area contributed by atoms with Crippen LogP contribution in [0.4, 0.5) is 0 Å². The summed E-state index contributed by atoms with van der Waals surface area (Å²) in [5, 5.41) is 3.72. The van der Waals surface area contributed by atoms with Crippen LogP contribution in [0.1, 0.15) is 22.7 Å². The lowest BCUT2D eigenvalue weighted by atomic mass is 10.2. The van der Waals surface area contributed by atoms with Crippen molar-refractivity contribution >= 4 is 21.4 Å². The fourth-order valence-corrected chi connectivity index (χ4v) is 4.12. The van der Waals surface area contributed by atoms with Crippen molar-refractivity contribution in [3.63, 3.8) is 0 Å². The molecular formula is C10H17N3O2S2. The topological polar surface area (TPSA) is 71.1 Å². The van der Waals surface area contributed by atoms with Crippen LogP contribution in [-0.2, 0) is 16.6 Å². The molecule has 0 aliphatic carbocycles. The van der Waals surface area contributed by atoms with Crippen molar-refractivity contribution in [3.05, 3.63) is 16.1 Å². The lowest BCUT2D eigenvalue weighted by molar-refractivity contribution is 0.489. The minimum Gasteiger partial charge on any atom is -0.317 e.